The fourth-order valence-corrected chi connectivity index (χ4v) is 2.86. The summed E-state index contributed by atoms with van der Waals surface area (Å²) in [6.45, 7) is 5.72. The molecule has 0 unspecified atom stereocenters. The van der Waals surface area contributed by atoms with E-state index in [2.05, 4.69) is 47.4 Å². The van der Waals surface area contributed by atoms with Crippen molar-refractivity contribution in [3.05, 3.63) is 78.9 Å². The number of aromatic nitrogens is 2. The third-order valence-electron chi connectivity index (χ3n) is 3.96. The van der Waals surface area contributed by atoms with Gasteiger partial charge in [-0.25, -0.2) is 0 Å². The molecule has 0 saturated heterocycles. The zero-order chi connectivity index (χ0) is 15.6. The number of nitrogens with zero attached hydrogens (tertiary/aromatic N) is 2. The number of para-hydroxylation sites is 3. The van der Waals surface area contributed by atoms with Crippen molar-refractivity contribution < 1.29 is 0 Å². The van der Waals surface area contributed by atoms with Gasteiger partial charge in [-0.3, -0.25) is 0 Å². The summed E-state index contributed by atoms with van der Waals surface area (Å²) in [7, 11) is 0. The van der Waals surface area contributed by atoms with Crippen LogP contribution in [0.1, 0.15) is 0 Å². The van der Waals surface area contributed by atoms with Crippen LogP contribution in [0.15, 0.2) is 78.9 Å². The van der Waals surface area contributed by atoms with Crippen LogP contribution in [0.3, 0.4) is 0 Å². The molecule has 108 valence electrons. The third kappa shape index (κ3) is 2.40. The molecule has 1 heterocycles. The van der Waals surface area contributed by atoms with Gasteiger partial charge in [0.15, 0.2) is 0 Å². The average Bonchev–Trinajstić information content (AvgIpc) is 3.02. The summed E-state index contributed by atoms with van der Waals surface area (Å²) in [6.07, 6.45) is 0. The molecule has 0 amide bonds. The summed E-state index contributed by atoms with van der Waals surface area (Å²) < 4.78 is 2.21. The van der Waals surface area contributed by atoms with Gasteiger partial charge in [-0.05, 0) is 0 Å². The monoisotopic (exact) mass is 294 g/mol. The van der Waals surface area contributed by atoms with Gasteiger partial charge in [-0.1, -0.05) is 0 Å². The maximum absolute atomic E-state index is 4.86. The minimum absolute atomic E-state index is 0.945. The van der Waals surface area contributed by atoms with Crippen molar-refractivity contribution in [2.45, 2.75) is 0 Å². The molecule has 0 aliphatic heterocycles. The Morgan fingerprint density at radius 1 is 0.826 bits per heavy atom. The Labute approximate surface area is 136 Å². The fraction of sp³-hybridized carbons (Fsp3) is 0. The molecular weight excluding hydrogens is 279 g/mol. The van der Waals surface area contributed by atoms with E-state index in [-0.39, 0.29) is 0 Å². The molecular formula is C20H15BN2. The van der Waals surface area contributed by atoms with Crippen LogP contribution in [0.2, 0.25) is 0 Å². The van der Waals surface area contributed by atoms with E-state index in [9.17, 15) is 0 Å². The van der Waals surface area contributed by atoms with Crippen molar-refractivity contribution in [1.82, 2.24) is 9.55 Å². The van der Waals surface area contributed by atoms with Gasteiger partial charge in [0.1, 0.15) is 0 Å². The first-order valence-electron chi connectivity index (χ1n) is 7.62. The topological polar surface area (TPSA) is 17.8 Å². The van der Waals surface area contributed by atoms with Crippen LogP contribution in [-0.2, 0) is 0 Å². The number of benzene rings is 3. The van der Waals surface area contributed by atoms with E-state index < -0.39 is 0 Å². The minimum atomic E-state index is 0.945. The van der Waals surface area contributed by atoms with E-state index in [0.29, 0.717) is 0 Å². The van der Waals surface area contributed by atoms with Crippen LogP contribution >= 0.6 is 0 Å². The summed E-state index contributed by atoms with van der Waals surface area (Å²) in [5.41, 5.74) is 5.39. The molecule has 4 rings (SSSR count). The molecule has 0 bridgehead atoms. The molecule has 3 heteroatoms. The molecule has 0 aliphatic carbocycles. The first-order valence-corrected chi connectivity index (χ1v) is 7.62. The van der Waals surface area contributed by atoms with Gasteiger partial charge in [0.2, 0.25) is 0 Å². The summed E-state index contributed by atoms with van der Waals surface area (Å²) >= 11 is 0. The Morgan fingerprint density at radius 2 is 1.61 bits per heavy atom. The maximum atomic E-state index is 4.86. The SMILES string of the molecule is C=Bc1cccc(-c2nc3ccccc3n2-c2ccccc2)c1. The molecule has 0 spiro atoms. The second-order valence-corrected chi connectivity index (χ2v) is 5.42. The van der Waals surface area contributed by atoms with E-state index >= 15 is 0 Å². The van der Waals surface area contributed by atoms with E-state index in [1.807, 2.05) is 49.4 Å². The van der Waals surface area contributed by atoms with Gasteiger partial charge in [-0.15, -0.1) is 0 Å². The molecule has 3 aromatic carbocycles. The molecule has 0 fully saturated rings. The van der Waals surface area contributed by atoms with Gasteiger partial charge in [-0.2, -0.15) is 0 Å². The van der Waals surface area contributed by atoms with E-state index in [4.69, 9.17) is 4.98 Å². The Kier molecular flexibility index (Phi) is 3.39. The van der Waals surface area contributed by atoms with Crippen molar-refractivity contribution in [3.63, 3.8) is 0 Å². The number of hydrogen-bond donors (Lipinski definition) is 0. The van der Waals surface area contributed by atoms with Crippen LogP contribution in [0, 0.1) is 0 Å². The predicted octanol–water partition coefficient (Wildman–Crippen LogP) is 3.45. The fourth-order valence-electron chi connectivity index (χ4n) is 2.86. The van der Waals surface area contributed by atoms with Crippen LogP contribution in [-0.4, -0.2) is 22.9 Å². The Balaban J connectivity index is 2.04. The molecule has 2 nitrogen and oxygen atoms in total. The second-order valence-electron chi connectivity index (χ2n) is 5.42. The third-order valence-corrected chi connectivity index (χ3v) is 3.96. The number of fused-ring (bicyclic) bond motifs is 1. The zero-order valence-electron chi connectivity index (χ0n) is 12.7. The number of imidazole rings is 1. The Hall–Kier alpha value is -2.94. The zero-order valence-corrected chi connectivity index (χ0v) is 12.7. The standard InChI is InChI=1S/C20H15BN2/c1-21-16-9-7-8-15(14-16)20-22-18-12-5-6-13-19(18)23(20)17-10-3-2-4-11-17/h2-14H,1H2. The molecule has 0 saturated carbocycles. The Morgan fingerprint density at radius 3 is 2.43 bits per heavy atom. The average molecular weight is 294 g/mol. The summed E-state index contributed by atoms with van der Waals surface area (Å²) in [4.78, 5) is 4.86. The first-order chi connectivity index (χ1) is 11.4. The van der Waals surface area contributed by atoms with Crippen LogP contribution in [0.4, 0.5) is 0 Å². The predicted molar refractivity (Wildman–Crippen MR) is 99.0 cm³/mol. The van der Waals surface area contributed by atoms with Gasteiger partial charge in [0, 0.05) is 0 Å². The molecule has 0 radical (unpaired) electrons. The Bertz CT molecular complexity index is 987. The van der Waals surface area contributed by atoms with Crippen LogP contribution in [0.25, 0.3) is 28.1 Å². The van der Waals surface area contributed by atoms with Gasteiger partial charge in [0.05, 0.1) is 0 Å². The van der Waals surface area contributed by atoms with Crippen molar-refractivity contribution in [2.75, 3.05) is 0 Å². The summed E-state index contributed by atoms with van der Waals surface area (Å²) in [5.74, 6) is 0.945. The summed E-state index contributed by atoms with van der Waals surface area (Å²) in [6, 6.07) is 26.9. The van der Waals surface area contributed by atoms with Crippen molar-refractivity contribution in [2.24, 2.45) is 0 Å². The van der Waals surface area contributed by atoms with Crippen LogP contribution in [0.5, 0.6) is 0 Å². The molecule has 0 atom stereocenters. The summed E-state index contributed by atoms with van der Waals surface area (Å²) in [5, 5.41) is 0. The first kappa shape index (κ1) is 13.7. The number of hydrogen-bond acceptors (Lipinski definition) is 1. The van der Waals surface area contributed by atoms with E-state index in [0.717, 1.165) is 33.6 Å². The van der Waals surface area contributed by atoms with Crippen molar-refractivity contribution in [3.8, 4) is 17.1 Å². The van der Waals surface area contributed by atoms with Gasteiger partial charge >= 0.3 is 135 Å². The normalized spacial score (nSPS) is 10.6. The molecule has 0 aliphatic rings. The molecule has 4 aromatic rings. The van der Waals surface area contributed by atoms with Crippen molar-refractivity contribution in [1.29, 1.82) is 0 Å². The van der Waals surface area contributed by atoms with Gasteiger partial charge < -0.3 is 0 Å². The van der Waals surface area contributed by atoms with E-state index in [1.165, 1.54) is 0 Å². The van der Waals surface area contributed by atoms with Crippen LogP contribution < -0.4 is 5.46 Å². The van der Waals surface area contributed by atoms with E-state index in [1.54, 1.807) is 0 Å². The second kappa shape index (κ2) is 5.69. The van der Waals surface area contributed by atoms with Crippen molar-refractivity contribution >= 4 is 29.9 Å². The molecule has 23 heavy (non-hydrogen) atoms. The quantitative estimate of drug-likeness (QED) is 0.529. The molecule has 0 N–H and O–H groups in total. The molecule has 1 aromatic heterocycles. The van der Waals surface area contributed by atoms with Gasteiger partial charge in [0.25, 0.3) is 0 Å². The number of rotatable bonds is 3.